The molecule has 1 aromatic heterocycles. The number of anilines is 6. The number of hydrogen-bond acceptors (Lipinski definition) is 3. The summed E-state index contributed by atoms with van der Waals surface area (Å²) in [7, 11) is 0. The van der Waals surface area contributed by atoms with Gasteiger partial charge in [0.05, 0.1) is 0 Å². The lowest BCUT2D eigenvalue weighted by molar-refractivity contribution is 0.631. The second-order valence-corrected chi connectivity index (χ2v) is 15.0. The highest BCUT2D eigenvalue weighted by atomic mass is 16.3. The maximum Gasteiger partial charge on any atom is 0.252 e. The number of aryl methyl sites for hydroxylation is 1. The standard InChI is InChI=1S/C48H35BN2O/c1-30-25-43-47-44(26-30)51(34-22-23-36-35-16-8-9-17-37(35)48(2,3)38(36)29-34)42-24-21-32(46-28-31-13-7-12-20-45(31)52-46)27-40(42)49(47)39-18-10-11-19-41(39)50(43)33-14-5-4-6-15-33/h4-29H,1-3H3. The fraction of sp³-hybridized carbons (Fsp3) is 0.0833. The van der Waals surface area contributed by atoms with Crippen molar-refractivity contribution in [3.8, 4) is 22.5 Å². The minimum atomic E-state index is -0.108. The van der Waals surface area contributed by atoms with Gasteiger partial charge in [0, 0.05) is 50.5 Å². The summed E-state index contributed by atoms with van der Waals surface area (Å²) in [6.07, 6.45) is 0. The maximum absolute atomic E-state index is 6.47. The van der Waals surface area contributed by atoms with Gasteiger partial charge in [0.15, 0.2) is 0 Å². The third-order valence-electron chi connectivity index (χ3n) is 11.7. The molecule has 0 unspecified atom stereocenters. The molecule has 3 aliphatic rings. The second kappa shape index (κ2) is 10.6. The topological polar surface area (TPSA) is 19.6 Å². The van der Waals surface area contributed by atoms with Crippen molar-refractivity contribution in [2.24, 2.45) is 0 Å². The van der Waals surface area contributed by atoms with Crippen molar-refractivity contribution in [1.82, 2.24) is 0 Å². The number of para-hydroxylation sites is 3. The molecule has 246 valence electrons. The Balaban J connectivity index is 1.20. The zero-order valence-electron chi connectivity index (χ0n) is 29.4. The molecule has 3 nitrogen and oxygen atoms in total. The molecule has 3 heterocycles. The molecule has 8 aromatic rings. The summed E-state index contributed by atoms with van der Waals surface area (Å²) >= 11 is 0. The van der Waals surface area contributed by atoms with E-state index in [1.54, 1.807) is 0 Å². The van der Waals surface area contributed by atoms with Gasteiger partial charge in [-0.2, -0.15) is 0 Å². The molecule has 52 heavy (non-hydrogen) atoms. The fourth-order valence-electron chi connectivity index (χ4n) is 9.33. The van der Waals surface area contributed by atoms with Crippen molar-refractivity contribution in [1.29, 1.82) is 0 Å². The van der Waals surface area contributed by atoms with E-state index >= 15 is 0 Å². The van der Waals surface area contributed by atoms with Crippen LogP contribution in [0, 0.1) is 6.92 Å². The lowest BCUT2D eigenvalue weighted by Gasteiger charge is -2.44. The highest BCUT2D eigenvalue weighted by Gasteiger charge is 2.44. The van der Waals surface area contributed by atoms with E-state index in [9.17, 15) is 0 Å². The van der Waals surface area contributed by atoms with Crippen molar-refractivity contribution < 1.29 is 4.42 Å². The summed E-state index contributed by atoms with van der Waals surface area (Å²) in [5, 5.41) is 1.11. The molecule has 0 saturated carbocycles. The summed E-state index contributed by atoms with van der Waals surface area (Å²) in [6.45, 7) is 7.00. The van der Waals surface area contributed by atoms with Crippen molar-refractivity contribution in [2.75, 3.05) is 9.80 Å². The molecule has 7 aromatic carbocycles. The number of rotatable bonds is 3. The van der Waals surface area contributed by atoms with Crippen LogP contribution in [0.1, 0.15) is 30.5 Å². The van der Waals surface area contributed by atoms with E-state index in [-0.39, 0.29) is 12.1 Å². The molecule has 0 spiro atoms. The SMILES string of the molecule is Cc1cc2c3c(c1)N(c1ccc4c(c1)C(C)(C)c1ccccc1-4)c1ccc(-c4cc5ccccc5o4)cc1B3c1ccccc1N2c1ccccc1. The Morgan fingerprint density at radius 1 is 0.519 bits per heavy atom. The summed E-state index contributed by atoms with van der Waals surface area (Å²) in [5.74, 6) is 0.887. The van der Waals surface area contributed by atoms with E-state index in [0.717, 1.165) is 28.0 Å². The van der Waals surface area contributed by atoms with E-state index in [2.05, 4.69) is 176 Å². The molecule has 0 atom stereocenters. The van der Waals surface area contributed by atoms with E-state index in [1.807, 2.05) is 12.1 Å². The largest absolute Gasteiger partial charge is 0.456 e. The maximum atomic E-state index is 6.47. The van der Waals surface area contributed by atoms with Crippen molar-refractivity contribution >= 4 is 68.2 Å². The van der Waals surface area contributed by atoms with Crippen LogP contribution in [0.2, 0.25) is 0 Å². The number of benzene rings is 7. The predicted octanol–water partition coefficient (Wildman–Crippen LogP) is 10.8. The molecule has 11 rings (SSSR count). The lowest BCUT2D eigenvalue weighted by Crippen LogP contribution is -2.61. The predicted molar refractivity (Wildman–Crippen MR) is 218 cm³/mol. The van der Waals surface area contributed by atoms with Crippen LogP contribution >= 0.6 is 0 Å². The first kappa shape index (κ1) is 29.5. The Bertz CT molecular complexity index is 2730. The molecule has 1 aliphatic carbocycles. The average Bonchev–Trinajstić information content (AvgIpc) is 3.71. The third kappa shape index (κ3) is 4.03. The molecule has 0 saturated heterocycles. The zero-order valence-corrected chi connectivity index (χ0v) is 29.4. The van der Waals surface area contributed by atoms with E-state index in [4.69, 9.17) is 4.42 Å². The van der Waals surface area contributed by atoms with Crippen LogP contribution in [0.25, 0.3) is 33.4 Å². The molecule has 2 aliphatic heterocycles. The van der Waals surface area contributed by atoms with Gasteiger partial charge in [-0.25, -0.2) is 0 Å². The van der Waals surface area contributed by atoms with Gasteiger partial charge in [-0.3, -0.25) is 0 Å². The quantitative estimate of drug-likeness (QED) is 0.175. The van der Waals surface area contributed by atoms with Gasteiger partial charge >= 0.3 is 0 Å². The Kier molecular flexibility index (Phi) is 6.03. The van der Waals surface area contributed by atoms with Crippen LogP contribution in [-0.2, 0) is 5.41 Å². The Hall–Kier alpha value is -6.26. The Labute approximate surface area is 304 Å². The van der Waals surface area contributed by atoms with Crippen molar-refractivity contribution in [3.05, 3.63) is 174 Å². The van der Waals surface area contributed by atoms with E-state index in [0.29, 0.717) is 0 Å². The first-order chi connectivity index (χ1) is 25.5. The third-order valence-corrected chi connectivity index (χ3v) is 11.7. The van der Waals surface area contributed by atoms with Gasteiger partial charge in [-0.05, 0) is 118 Å². The lowest BCUT2D eigenvalue weighted by atomic mass is 9.33. The van der Waals surface area contributed by atoms with Crippen LogP contribution < -0.4 is 26.2 Å². The molecular weight excluding hydrogens is 631 g/mol. The van der Waals surface area contributed by atoms with Gasteiger partial charge in [0.2, 0.25) is 0 Å². The number of hydrogen-bond donors (Lipinski definition) is 0. The average molecular weight is 667 g/mol. The normalized spacial score (nSPS) is 14.5. The van der Waals surface area contributed by atoms with E-state index in [1.165, 1.54) is 72.6 Å². The summed E-state index contributed by atoms with van der Waals surface area (Å²) in [5.41, 5.74) is 19.6. The van der Waals surface area contributed by atoms with Crippen LogP contribution in [0.15, 0.2) is 162 Å². The summed E-state index contributed by atoms with van der Waals surface area (Å²) in [4.78, 5) is 4.99. The van der Waals surface area contributed by atoms with Crippen LogP contribution in [-0.4, -0.2) is 6.71 Å². The minimum absolute atomic E-state index is 0.0347. The molecular formula is C48H35BN2O. The molecule has 0 bridgehead atoms. The highest BCUT2D eigenvalue weighted by molar-refractivity contribution is 7.00. The molecule has 0 fully saturated rings. The second-order valence-electron chi connectivity index (χ2n) is 15.0. The van der Waals surface area contributed by atoms with Gasteiger partial charge in [-0.15, -0.1) is 0 Å². The zero-order chi connectivity index (χ0) is 34.7. The van der Waals surface area contributed by atoms with E-state index < -0.39 is 0 Å². The van der Waals surface area contributed by atoms with Gasteiger partial charge in [0.25, 0.3) is 6.71 Å². The first-order valence-corrected chi connectivity index (χ1v) is 18.2. The number of nitrogens with zero attached hydrogens (tertiary/aromatic N) is 2. The molecule has 0 N–H and O–H groups in total. The van der Waals surface area contributed by atoms with Gasteiger partial charge < -0.3 is 14.2 Å². The van der Waals surface area contributed by atoms with Crippen LogP contribution in [0.3, 0.4) is 0 Å². The highest BCUT2D eigenvalue weighted by Crippen LogP contribution is 2.51. The fourth-order valence-corrected chi connectivity index (χ4v) is 9.33. The Morgan fingerprint density at radius 2 is 1.21 bits per heavy atom. The van der Waals surface area contributed by atoms with Gasteiger partial charge in [0.1, 0.15) is 11.3 Å². The molecule has 4 heteroatoms. The summed E-state index contributed by atoms with van der Waals surface area (Å²) < 4.78 is 6.47. The number of fused-ring (bicyclic) bond motifs is 8. The van der Waals surface area contributed by atoms with Crippen LogP contribution in [0.4, 0.5) is 34.1 Å². The Morgan fingerprint density at radius 3 is 2.06 bits per heavy atom. The monoisotopic (exact) mass is 666 g/mol. The summed E-state index contributed by atoms with van der Waals surface area (Å²) in [6, 6.07) is 58.0. The molecule has 0 radical (unpaired) electrons. The van der Waals surface area contributed by atoms with Crippen molar-refractivity contribution in [2.45, 2.75) is 26.2 Å². The van der Waals surface area contributed by atoms with Crippen LogP contribution in [0.5, 0.6) is 0 Å². The minimum Gasteiger partial charge on any atom is -0.456 e. The van der Waals surface area contributed by atoms with Crippen molar-refractivity contribution in [3.63, 3.8) is 0 Å². The number of furan rings is 1. The molecule has 0 amide bonds. The smallest absolute Gasteiger partial charge is 0.252 e. The first-order valence-electron chi connectivity index (χ1n) is 18.2. The van der Waals surface area contributed by atoms with Gasteiger partial charge in [-0.1, -0.05) is 105 Å².